The second-order valence-corrected chi connectivity index (χ2v) is 4.27. The molecule has 0 radical (unpaired) electrons. The van der Waals surface area contributed by atoms with Crippen molar-refractivity contribution >= 4 is 5.69 Å². The Balaban J connectivity index is 2.08. The highest BCUT2D eigenvalue weighted by Gasteiger charge is 2.04. The Morgan fingerprint density at radius 3 is 2.47 bits per heavy atom. The molecule has 2 aromatic carbocycles. The first-order chi connectivity index (χ1) is 9.10. The second kappa shape index (κ2) is 5.61. The summed E-state index contributed by atoms with van der Waals surface area (Å²) in [5, 5.41) is 0. The molecule has 3 nitrogen and oxygen atoms in total. The van der Waals surface area contributed by atoms with Gasteiger partial charge in [-0.05, 0) is 48.4 Å². The van der Waals surface area contributed by atoms with Crippen LogP contribution in [0.5, 0.6) is 11.5 Å². The number of nitrogen functional groups attached to an aromatic ring is 1. The van der Waals surface area contributed by atoms with Gasteiger partial charge in [-0.15, -0.1) is 0 Å². The minimum Gasteiger partial charge on any atom is -0.495 e. The lowest BCUT2D eigenvalue weighted by Crippen LogP contribution is -1.99. The molecule has 19 heavy (non-hydrogen) atoms. The van der Waals surface area contributed by atoms with Crippen LogP contribution in [0.3, 0.4) is 0 Å². The van der Waals surface area contributed by atoms with Gasteiger partial charge in [0, 0.05) is 0 Å². The molecular formula is C15H16FNO2. The molecular weight excluding hydrogens is 245 g/mol. The lowest BCUT2D eigenvalue weighted by molar-refractivity contribution is 0.303. The van der Waals surface area contributed by atoms with E-state index in [0.29, 0.717) is 23.8 Å². The molecule has 0 bridgehead atoms. The molecule has 2 N–H and O–H groups in total. The Hall–Kier alpha value is -2.23. The first-order valence-electron chi connectivity index (χ1n) is 5.91. The zero-order valence-electron chi connectivity index (χ0n) is 10.9. The number of nitrogens with two attached hydrogens (primary N) is 1. The van der Waals surface area contributed by atoms with E-state index in [1.165, 1.54) is 12.1 Å². The van der Waals surface area contributed by atoms with Gasteiger partial charge < -0.3 is 15.2 Å². The third-order valence-electron chi connectivity index (χ3n) is 2.83. The van der Waals surface area contributed by atoms with Crippen LogP contribution in [0.1, 0.15) is 11.1 Å². The quantitative estimate of drug-likeness (QED) is 0.859. The van der Waals surface area contributed by atoms with Gasteiger partial charge >= 0.3 is 0 Å². The van der Waals surface area contributed by atoms with E-state index >= 15 is 0 Å². The predicted molar refractivity (Wildman–Crippen MR) is 72.9 cm³/mol. The summed E-state index contributed by atoms with van der Waals surface area (Å²) >= 11 is 0. The van der Waals surface area contributed by atoms with Crippen molar-refractivity contribution in [1.82, 2.24) is 0 Å². The monoisotopic (exact) mass is 261 g/mol. The smallest absolute Gasteiger partial charge is 0.141 e. The number of halogens is 1. The maximum Gasteiger partial charge on any atom is 0.141 e. The summed E-state index contributed by atoms with van der Waals surface area (Å²) in [6, 6.07) is 9.93. The summed E-state index contributed by atoms with van der Waals surface area (Å²) in [6.07, 6.45) is 0. The molecule has 0 fully saturated rings. The zero-order chi connectivity index (χ0) is 13.8. The van der Waals surface area contributed by atoms with Gasteiger partial charge in [-0.25, -0.2) is 4.39 Å². The maximum absolute atomic E-state index is 13.0. The fourth-order valence-electron chi connectivity index (χ4n) is 1.81. The number of benzene rings is 2. The number of aryl methyl sites for hydroxylation is 1. The summed E-state index contributed by atoms with van der Waals surface area (Å²) < 4.78 is 23.7. The summed E-state index contributed by atoms with van der Waals surface area (Å²) in [7, 11) is 1.57. The van der Waals surface area contributed by atoms with Crippen molar-refractivity contribution in [2.45, 2.75) is 13.5 Å². The van der Waals surface area contributed by atoms with Crippen molar-refractivity contribution in [1.29, 1.82) is 0 Å². The van der Waals surface area contributed by atoms with Crippen LogP contribution in [0, 0.1) is 12.7 Å². The molecule has 4 heteroatoms. The number of ether oxygens (including phenoxy) is 2. The zero-order valence-corrected chi connectivity index (χ0v) is 10.9. The Bertz CT molecular complexity index is 584. The molecule has 0 unspecified atom stereocenters. The van der Waals surface area contributed by atoms with E-state index in [1.807, 2.05) is 6.07 Å². The largest absolute Gasteiger partial charge is 0.495 e. The fourth-order valence-corrected chi connectivity index (χ4v) is 1.81. The van der Waals surface area contributed by atoms with E-state index in [0.717, 1.165) is 11.1 Å². The summed E-state index contributed by atoms with van der Waals surface area (Å²) in [5.74, 6) is 1.04. The molecule has 0 aliphatic heterocycles. The Morgan fingerprint density at radius 2 is 1.84 bits per heavy atom. The van der Waals surface area contributed by atoms with E-state index in [9.17, 15) is 4.39 Å². The SMILES string of the molecule is COc1ccc(COc2ccc(F)cc2C)cc1N. The number of methoxy groups -OCH3 is 1. The number of anilines is 1. The molecule has 0 aliphatic rings. The van der Waals surface area contributed by atoms with Gasteiger partial charge in [0.1, 0.15) is 23.9 Å². The lowest BCUT2D eigenvalue weighted by atomic mass is 10.2. The Morgan fingerprint density at radius 1 is 1.11 bits per heavy atom. The molecule has 0 heterocycles. The highest BCUT2D eigenvalue weighted by Crippen LogP contribution is 2.24. The number of hydrogen-bond donors (Lipinski definition) is 1. The number of hydrogen-bond acceptors (Lipinski definition) is 3. The van der Waals surface area contributed by atoms with Crippen molar-refractivity contribution in [3.05, 3.63) is 53.3 Å². The van der Waals surface area contributed by atoms with Crippen molar-refractivity contribution < 1.29 is 13.9 Å². The number of rotatable bonds is 4. The van der Waals surface area contributed by atoms with Crippen LogP contribution in [-0.2, 0) is 6.61 Å². The molecule has 0 atom stereocenters. The average molecular weight is 261 g/mol. The third kappa shape index (κ3) is 3.16. The van der Waals surface area contributed by atoms with Crippen molar-refractivity contribution in [2.75, 3.05) is 12.8 Å². The standard InChI is InChI=1S/C15H16FNO2/c1-10-7-12(16)4-6-14(10)19-9-11-3-5-15(18-2)13(17)8-11/h3-8H,9,17H2,1-2H3. The van der Waals surface area contributed by atoms with Crippen molar-refractivity contribution in [3.8, 4) is 11.5 Å². The molecule has 0 saturated carbocycles. The van der Waals surface area contributed by atoms with E-state index in [2.05, 4.69) is 0 Å². The highest BCUT2D eigenvalue weighted by atomic mass is 19.1. The molecule has 0 aliphatic carbocycles. The van der Waals surface area contributed by atoms with E-state index in [1.54, 1.807) is 32.2 Å². The third-order valence-corrected chi connectivity index (χ3v) is 2.83. The first-order valence-corrected chi connectivity index (χ1v) is 5.91. The predicted octanol–water partition coefficient (Wildman–Crippen LogP) is 3.30. The fraction of sp³-hybridized carbons (Fsp3) is 0.200. The molecule has 0 saturated heterocycles. The first kappa shape index (κ1) is 13.2. The van der Waals surface area contributed by atoms with Crippen LogP contribution in [-0.4, -0.2) is 7.11 Å². The summed E-state index contributed by atoms with van der Waals surface area (Å²) in [5.41, 5.74) is 8.09. The van der Waals surface area contributed by atoms with E-state index in [-0.39, 0.29) is 5.82 Å². The van der Waals surface area contributed by atoms with Crippen molar-refractivity contribution in [3.63, 3.8) is 0 Å². The van der Waals surface area contributed by atoms with Gasteiger partial charge in [0.15, 0.2) is 0 Å². The van der Waals surface area contributed by atoms with Gasteiger partial charge in [-0.3, -0.25) is 0 Å². The van der Waals surface area contributed by atoms with Gasteiger partial charge in [0.05, 0.1) is 12.8 Å². The Labute approximate surface area is 111 Å². The summed E-state index contributed by atoms with van der Waals surface area (Å²) in [6.45, 7) is 2.18. The van der Waals surface area contributed by atoms with E-state index < -0.39 is 0 Å². The van der Waals surface area contributed by atoms with Crippen LogP contribution in [0.15, 0.2) is 36.4 Å². The minimum atomic E-state index is -0.265. The average Bonchev–Trinajstić information content (AvgIpc) is 2.38. The molecule has 2 rings (SSSR count). The van der Waals surface area contributed by atoms with Gasteiger partial charge in [-0.1, -0.05) is 6.07 Å². The molecule has 0 aromatic heterocycles. The van der Waals surface area contributed by atoms with Crippen LogP contribution >= 0.6 is 0 Å². The molecule has 0 amide bonds. The summed E-state index contributed by atoms with van der Waals surface area (Å²) in [4.78, 5) is 0. The van der Waals surface area contributed by atoms with Gasteiger partial charge in [-0.2, -0.15) is 0 Å². The lowest BCUT2D eigenvalue weighted by Gasteiger charge is -2.11. The molecule has 2 aromatic rings. The molecule has 0 spiro atoms. The van der Waals surface area contributed by atoms with Crippen molar-refractivity contribution in [2.24, 2.45) is 0 Å². The van der Waals surface area contributed by atoms with Crippen LogP contribution in [0.4, 0.5) is 10.1 Å². The van der Waals surface area contributed by atoms with E-state index in [4.69, 9.17) is 15.2 Å². The normalized spacial score (nSPS) is 10.3. The second-order valence-electron chi connectivity index (χ2n) is 4.27. The van der Waals surface area contributed by atoms with Crippen LogP contribution in [0.2, 0.25) is 0 Å². The highest BCUT2D eigenvalue weighted by molar-refractivity contribution is 5.54. The maximum atomic E-state index is 13.0. The van der Waals surface area contributed by atoms with Crippen LogP contribution in [0.25, 0.3) is 0 Å². The Kier molecular flexibility index (Phi) is 3.90. The topological polar surface area (TPSA) is 44.5 Å². The van der Waals surface area contributed by atoms with Gasteiger partial charge in [0.2, 0.25) is 0 Å². The van der Waals surface area contributed by atoms with Crippen LogP contribution < -0.4 is 15.2 Å². The minimum absolute atomic E-state index is 0.265. The van der Waals surface area contributed by atoms with Gasteiger partial charge in [0.25, 0.3) is 0 Å². The molecule has 100 valence electrons.